The lowest BCUT2D eigenvalue weighted by Crippen LogP contribution is -2.39. The third-order valence-electron chi connectivity index (χ3n) is 3.19. The van der Waals surface area contributed by atoms with E-state index in [-0.39, 0.29) is 6.42 Å². The average Bonchev–Trinajstić information content (AvgIpc) is 2.38. The second-order valence-corrected chi connectivity index (χ2v) is 4.72. The van der Waals surface area contributed by atoms with Crippen LogP contribution in [0.4, 0.5) is 0 Å². The fourth-order valence-electron chi connectivity index (χ4n) is 2.19. The van der Waals surface area contributed by atoms with E-state index in [4.69, 9.17) is 10.8 Å². The zero-order chi connectivity index (χ0) is 13.0. The Morgan fingerprint density at radius 3 is 2.72 bits per heavy atom. The summed E-state index contributed by atoms with van der Waals surface area (Å²) < 4.78 is 0. The van der Waals surface area contributed by atoms with E-state index in [9.17, 15) is 4.79 Å². The lowest BCUT2D eigenvalue weighted by atomic mass is 9.81. The molecule has 0 aromatic heterocycles. The van der Waals surface area contributed by atoms with Crippen molar-refractivity contribution in [2.45, 2.75) is 24.8 Å². The van der Waals surface area contributed by atoms with E-state index < -0.39 is 11.5 Å². The first kappa shape index (κ1) is 12.6. The van der Waals surface area contributed by atoms with Crippen molar-refractivity contribution in [2.24, 2.45) is 5.73 Å². The second-order valence-electron chi connectivity index (χ2n) is 4.72. The SMILES string of the molecule is NC1(CCC(=O)O)C=CC=C(c2ccccc2)C1. The Labute approximate surface area is 107 Å². The number of nitrogens with two attached hydrogens (primary N) is 1. The number of carboxylic acids is 1. The summed E-state index contributed by atoms with van der Waals surface area (Å²) in [5.74, 6) is -0.802. The Morgan fingerprint density at radius 2 is 2.06 bits per heavy atom. The molecule has 0 saturated heterocycles. The van der Waals surface area contributed by atoms with E-state index in [1.54, 1.807) is 0 Å². The molecule has 2 rings (SSSR count). The first-order chi connectivity index (χ1) is 8.59. The largest absolute Gasteiger partial charge is 0.481 e. The van der Waals surface area contributed by atoms with Gasteiger partial charge in [-0.3, -0.25) is 4.79 Å². The van der Waals surface area contributed by atoms with Gasteiger partial charge in [-0.15, -0.1) is 0 Å². The molecule has 0 radical (unpaired) electrons. The highest BCUT2D eigenvalue weighted by Crippen LogP contribution is 2.31. The Kier molecular flexibility index (Phi) is 3.63. The topological polar surface area (TPSA) is 63.3 Å². The highest BCUT2D eigenvalue weighted by molar-refractivity contribution is 5.71. The summed E-state index contributed by atoms with van der Waals surface area (Å²) in [6, 6.07) is 10.0. The van der Waals surface area contributed by atoms with Gasteiger partial charge < -0.3 is 10.8 Å². The molecule has 94 valence electrons. The minimum absolute atomic E-state index is 0.100. The van der Waals surface area contributed by atoms with Crippen LogP contribution in [0.25, 0.3) is 5.57 Å². The minimum Gasteiger partial charge on any atom is -0.481 e. The smallest absolute Gasteiger partial charge is 0.303 e. The molecule has 0 spiro atoms. The molecule has 3 N–H and O–H groups in total. The van der Waals surface area contributed by atoms with Crippen LogP contribution in [0.5, 0.6) is 0 Å². The molecule has 0 saturated carbocycles. The van der Waals surface area contributed by atoms with E-state index in [0.717, 1.165) is 11.1 Å². The Bertz CT molecular complexity index is 490. The molecule has 18 heavy (non-hydrogen) atoms. The molecule has 1 atom stereocenters. The molecule has 0 amide bonds. The zero-order valence-electron chi connectivity index (χ0n) is 10.2. The van der Waals surface area contributed by atoms with E-state index in [1.165, 1.54) is 0 Å². The average molecular weight is 243 g/mol. The fourth-order valence-corrected chi connectivity index (χ4v) is 2.19. The second kappa shape index (κ2) is 5.19. The van der Waals surface area contributed by atoms with Crippen molar-refractivity contribution in [1.82, 2.24) is 0 Å². The summed E-state index contributed by atoms with van der Waals surface area (Å²) in [4.78, 5) is 10.6. The van der Waals surface area contributed by atoms with Gasteiger partial charge in [-0.2, -0.15) is 0 Å². The summed E-state index contributed by atoms with van der Waals surface area (Å²) in [6.45, 7) is 0. The molecule has 3 nitrogen and oxygen atoms in total. The van der Waals surface area contributed by atoms with Gasteiger partial charge in [0.2, 0.25) is 0 Å². The number of hydrogen-bond donors (Lipinski definition) is 2. The van der Waals surface area contributed by atoms with E-state index >= 15 is 0 Å². The van der Waals surface area contributed by atoms with Crippen LogP contribution >= 0.6 is 0 Å². The predicted octanol–water partition coefficient (Wildman–Crippen LogP) is 2.59. The number of aliphatic carboxylic acids is 1. The first-order valence-electron chi connectivity index (χ1n) is 6.04. The molecule has 1 aliphatic rings. The van der Waals surface area contributed by atoms with E-state index in [1.807, 2.05) is 48.6 Å². The van der Waals surface area contributed by atoms with Crippen LogP contribution in [0.3, 0.4) is 0 Å². The predicted molar refractivity (Wildman–Crippen MR) is 72.0 cm³/mol. The van der Waals surface area contributed by atoms with Crippen molar-refractivity contribution < 1.29 is 9.90 Å². The maximum absolute atomic E-state index is 10.6. The van der Waals surface area contributed by atoms with Crippen LogP contribution in [0.2, 0.25) is 0 Å². The van der Waals surface area contributed by atoms with Gasteiger partial charge in [0.1, 0.15) is 0 Å². The monoisotopic (exact) mass is 243 g/mol. The molecule has 0 aliphatic heterocycles. The molecule has 0 heterocycles. The number of benzene rings is 1. The summed E-state index contributed by atoms with van der Waals surface area (Å²) in [5, 5.41) is 8.75. The lowest BCUT2D eigenvalue weighted by Gasteiger charge is -2.29. The molecule has 1 aliphatic carbocycles. The number of allylic oxidation sites excluding steroid dienone is 2. The number of carbonyl (C=O) groups is 1. The maximum atomic E-state index is 10.6. The van der Waals surface area contributed by atoms with Crippen molar-refractivity contribution in [2.75, 3.05) is 0 Å². The van der Waals surface area contributed by atoms with Gasteiger partial charge in [0.15, 0.2) is 0 Å². The standard InChI is InChI=1S/C15H17NO2/c16-15(10-8-14(17)18)9-4-7-13(11-15)12-5-2-1-3-6-12/h1-7,9H,8,10-11,16H2,(H,17,18). The van der Waals surface area contributed by atoms with Gasteiger partial charge in [-0.1, -0.05) is 48.6 Å². The minimum atomic E-state index is -0.802. The van der Waals surface area contributed by atoms with Gasteiger partial charge in [-0.05, 0) is 24.0 Å². The Balaban J connectivity index is 2.11. The van der Waals surface area contributed by atoms with Crippen LogP contribution in [0, 0.1) is 0 Å². The molecule has 0 bridgehead atoms. The van der Waals surface area contributed by atoms with Crippen LogP contribution in [-0.4, -0.2) is 16.6 Å². The molecule has 0 fully saturated rings. The fraction of sp³-hybridized carbons (Fsp3) is 0.267. The number of hydrogen-bond acceptors (Lipinski definition) is 2. The van der Waals surface area contributed by atoms with Crippen LogP contribution in [0.15, 0.2) is 48.6 Å². The van der Waals surface area contributed by atoms with Crippen LogP contribution in [0.1, 0.15) is 24.8 Å². The summed E-state index contributed by atoms with van der Waals surface area (Å²) in [7, 11) is 0. The molecule has 3 heteroatoms. The molecular formula is C15H17NO2. The van der Waals surface area contributed by atoms with E-state index in [0.29, 0.717) is 12.8 Å². The van der Waals surface area contributed by atoms with Gasteiger partial charge in [0, 0.05) is 12.0 Å². The Hall–Kier alpha value is -1.87. The van der Waals surface area contributed by atoms with Crippen molar-refractivity contribution >= 4 is 11.5 Å². The van der Waals surface area contributed by atoms with Gasteiger partial charge in [0.25, 0.3) is 0 Å². The summed E-state index contributed by atoms with van der Waals surface area (Å²) >= 11 is 0. The van der Waals surface area contributed by atoms with Crippen LogP contribution < -0.4 is 5.73 Å². The lowest BCUT2D eigenvalue weighted by molar-refractivity contribution is -0.137. The first-order valence-corrected chi connectivity index (χ1v) is 6.04. The quantitative estimate of drug-likeness (QED) is 0.854. The zero-order valence-corrected chi connectivity index (χ0v) is 10.2. The third-order valence-corrected chi connectivity index (χ3v) is 3.19. The van der Waals surface area contributed by atoms with Crippen molar-refractivity contribution in [3.05, 3.63) is 54.1 Å². The molecule has 1 unspecified atom stereocenters. The Morgan fingerprint density at radius 1 is 1.33 bits per heavy atom. The third kappa shape index (κ3) is 3.08. The van der Waals surface area contributed by atoms with E-state index in [2.05, 4.69) is 0 Å². The molecule has 1 aromatic rings. The highest BCUT2D eigenvalue weighted by atomic mass is 16.4. The van der Waals surface area contributed by atoms with Gasteiger partial charge >= 0.3 is 5.97 Å². The maximum Gasteiger partial charge on any atom is 0.303 e. The number of carboxylic acid groups (broad SMARTS) is 1. The summed E-state index contributed by atoms with van der Waals surface area (Å²) in [6.07, 6.45) is 7.12. The van der Waals surface area contributed by atoms with Crippen molar-refractivity contribution in [3.63, 3.8) is 0 Å². The molecular weight excluding hydrogens is 226 g/mol. The molecule has 1 aromatic carbocycles. The van der Waals surface area contributed by atoms with Crippen molar-refractivity contribution in [3.8, 4) is 0 Å². The normalized spacial score (nSPS) is 22.6. The van der Waals surface area contributed by atoms with Gasteiger partial charge in [0.05, 0.1) is 0 Å². The summed E-state index contributed by atoms with van der Waals surface area (Å²) in [5.41, 5.74) is 8.00. The van der Waals surface area contributed by atoms with Crippen molar-refractivity contribution in [1.29, 1.82) is 0 Å². The number of rotatable bonds is 4. The van der Waals surface area contributed by atoms with Gasteiger partial charge in [-0.25, -0.2) is 0 Å². The van der Waals surface area contributed by atoms with Crippen LogP contribution in [-0.2, 0) is 4.79 Å². The highest BCUT2D eigenvalue weighted by Gasteiger charge is 2.26.